The van der Waals surface area contributed by atoms with Crippen LogP contribution in [-0.2, 0) is 0 Å². The molecule has 0 saturated carbocycles. The predicted octanol–water partition coefficient (Wildman–Crippen LogP) is 9.99. The number of hydrogen-bond donors (Lipinski definition) is 2. The molecule has 0 aromatic carbocycles. The Kier molecular flexibility index (Phi) is 7.98. The summed E-state index contributed by atoms with van der Waals surface area (Å²) in [6, 6.07) is 0. The van der Waals surface area contributed by atoms with Crippen molar-refractivity contribution in [3.63, 3.8) is 0 Å². The van der Waals surface area contributed by atoms with Crippen LogP contribution >= 0.6 is 92.7 Å². The SMILES string of the molecule is CC(C)(C)N[P@]1(Cl)=NP(Cl)(Cl)=N[P@@](Cl)(NC(C)(C)C)=NP(Cl)(Cl)=N1. The van der Waals surface area contributed by atoms with Crippen LogP contribution in [0.4, 0.5) is 0 Å². The second kappa shape index (κ2) is 7.78. The molecule has 0 amide bonds. The Hall–Kier alpha value is 2.58. The van der Waals surface area contributed by atoms with Crippen LogP contribution in [0.1, 0.15) is 41.5 Å². The molecule has 1 heterocycles. The average molecular weight is 537 g/mol. The molecule has 0 spiro atoms. The zero-order chi connectivity index (χ0) is 19.2. The van der Waals surface area contributed by atoms with Crippen molar-refractivity contribution < 1.29 is 0 Å². The lowest BCUT2D eigenvalue weighted by atomic mass is 10.1. The monoisotopic (exact) mass is 534 g/mol. The summed E-state index contributed by atoms with van der Waals surface area (Å²) in [4.78, 5) is 0. The summed E-state index contributed by atoms with van der Waals surface area (Å²) in [5.74, 6) is -6.52. The van der Waals surface area contributed by atoms with Crippen molar-refractivity contribution in [3.05, 3.63) is 0 Å². The van der Waals surface area contributed by atoms with Crippen molar-refractivity contribution in [1.82, 2.24) is 10.2 Å². The van der Waals surface area contributed by atoms with Crippen molar-refractivity contribution >= 4 is 92.7 Å². The highest BCUT2D eigenvalue weighted by Gasteiger charge is 2.36. The first-order valence-corrected chi connectivity index (χ1v) is 18.8. The molecule has 16 heteroatoms. The standard InChI is InChI=1S/C8H20Cl6N6P4/c1-7(2,3)15-23(13)17-21(9,10)19-24(14,16-8(4,5)6)20-22(11,12)18-23/h15-16H,1-6H3/t23-,24-. The molecular formula is C8H20Cl6N6P4. The van der Waals surface area contributed by atoms with Crippen LogP contribution in [0.15, 0.2) is 18.1 Å². The predicted molar refractivity (Wildman–Crippen MR) is 118 cm³/mol. The van der Waals surface area contributed by atoms with E-state index in [-0.39, 0.29) is 0 Å². The molecule has 144 valence electrons. The maximum Gasteiger partial charge on any atom is 0.257 e. The molecular weight excluding hydrogens is 517 g/mol. The average Bonchev–Trinajstić information content (AvgIpc) is 1.98. The van der Waals surface area contributed by atoms with Crippen LogP contribution in [-0.4, -0.2) is 11.1 Å². The number of nitrogens with zero attached hydrogens (tertiary/aromatic N) is 4. The molecule has 1 aliphatic heterocycles. The van der Waals surface area contributed by atoms with Gasteiger partial charge in [0, 0.05) is 11.1 Å². The van der Waals surface area contributed by atoms with Gasteiger partial charge in [-0.15, -0.1) is 0 Å². The Morgan fingerprint density at radius 3 is 1.00 bits per heavy atom. The molecule has 2 N–H and O–H groups in total. The molecule has 0 aliphatic carbocycles. The Morgan fingerprint density at radius 1 is 0.542 bits per heavy atom. The van der Waals surface area contributed by atoms with Crippen LogP contribution in [0.2, 0.25) is 0 Å². The van der Waals surface area contributed by atoms with Gasteiger partial charge in [0.05, 0.1) is 0 Å². The van der Waals surface area contributed by atoms with Gasteiger partial charge < -0.3 is 0 Å². The number of nitrogens with one attached hydrogen (secondary N) is 2. The molecule has 1 aliphatic rings. The van der Waals surface area contributed by atoms with Crippen molar-refractivity contribution in [1.29, 1.82) is 0 Å². The van der Waals surface area contributed by atoms with E-state index < -0.39 is 36.3 Å². The van der Waals surface area contributed by atoms with Crippen LogP contribution in [0.25, 0.3) is 0 Å². The first-order chi connectivity index (χ1) is 10.2. The lowest BCUT2D eigenvalue weighted by Gasteiger charge is -2.31. The molecule has 0 saturated heterocycles. The lowest BCUT2D eigenvalue weighted by Crippen LogP contribution is -2.31. The molecule has 24 heavy (non-hydrogen) atoms. The third-order valence-corrected chi connectivity index (χ3v) is 18.8. The second-order valence-electron chi connectivity index (χ2n) is 7.04. The molecule has 0 radical (unpaired) electrons. The summed E-state index contributed by atoms with van der Waals surface area (Å²) in [6.07, 6.45) is 0. The zero-order valence-corrected chi connectivity index (χ0v) is 22.0. The van der Waals surface area contributed by atoms with E-state index in [0.29, 0.717) is 0 Å². The van der Waals surface area contributed by atoms with Crippen LogP contribution in [0.3, 0.4) is 0 Å². The van der Waals surface area contributed by atoms with E-state index in [1.807, 2.05) is 41.5 Å². The number of halogens is 6. The van der Waals surface area contributed by atoms with E-state index in [0.717, 1.165) is 0 Å². The smallest absolute Gasteiger partial charge is 0.248 e. The molecule has 0 bridgehead atoms. The van der Waals surface area contributed by atoms with Crippen molar-refractivity contribution in [2.24, 2.45) is 18.1 Å². The van der Waals surface area contributed by atoms with Gasteiger partial charge in [-0.3, -0.25) is 0 Å². The van der Waals surface area contributed by atoms with Crippen molar-refractivity contribution in [3.8, 4) is 0 Å². The minimum absolute atomic E-state index is 0.430. The fourth-order valence-electron chi connectivity index (χ4n) is 1.58. The van der Waals surface area contributed by atoms with Crippen molar-refractivity contribution in [2.75, 3.05) is 0 Å². The highest BCUT2D eigenvalue weighted by molar-refractivity contribution is 8.20. The van der Waals surface area contributed by atoms with Gasteiger partial charge in [-0.25, -0.2) is 10.2 Å². The first-order valence-electron chi connectivity index (χ1n) is 6.56. The minimum Gasteiger partial charge on any atom is -0.248 e. The number of rotatable bonds is 2. The summed E-state index contributed by atoms with van der Waals surface area (Å²) in [7, 11) is 0. The van der Waals surface area contributed by atoms with E-state index in [9.17, 15) is 0 Å². The second-order valence-corrected chi connectivity index (χ2v) is 23.8. The topological polar surface area (TPSA) is 73.5 Å². The normalized spacial score (nSPS) is 33.2. The Labute approximate surface area is 172 Å². The highest BCUT2D eigenvalue weighted by Crippen LogP contribution is 2.84. The zero-order valence-electron chi connectivity index (χ0n) is 13.8. The Bertz CT molecular complexity index is 660. The fourth-order valence-corrected chi connectivity index (χ4v) is 25.0. The summed E-state index contributed by atoms with van der Waals surface area (Å²) >= 11 is 38.4. The highest BCUT2D eigenvalue weighted by atomic mass is 35.9. The molecule has 0 aromatic rings. The summed E-state index contributed by atoms with van der Waals surface area (Å²) < 4.78 is 17.1. The van der Waals surface area contributed by atoms with E-state index in [2.05, 4.69) is 28.2 Å². The van der Waals surface area contributed by atoms with Gasteiger partial charge >= 0.3 is 0 Å². The third kappa shape index (κ3) is 9.18. The van der Waals surface area contributed by atoms with Gasteiger partial charge in [0.15, 0.2) is 0 Å². The molecule has 0 aromatic heterocycles. The maximum atomic E-state index is 6.55. The first kappa shape index (κ1) is 24.6. The van der Waals surface area contributed by atoms with Gasteiger partial charge in [0.1, 0.15) is 0 Å². The van der Waals surface area contributed by atoms with Gasteiger partial charge in [-0.05, 0) is 109 Å². The van der Waals surface area contributed by atoms with E-state index >= 15 is 0 Å². The third-order valence-electron chi connectivity index (χ3n) is 1.86. The Morgan fingerprint density at radius 2 is 0.792 bits per heavy atom. The number of hydrogen-bond acceptors (Lipinski definition) is 6. The van der Waals surface area contributed by atoms with Gasteiger partial charge in [-0.1, -0.05) is 0 Å². The largest absolute Gasteiger partial charge is 0.257 e. The van der Waals surface area contributed by atoms with Crippen LogP contribution in [0.5, 0.6) is 0 Å². The quantitative estimate of drug-likeness (QED) is 0.344. The van der Waals surface area contributed by atoms with E-state index in [4.69, 9.17) is 67.4 Å². The van der Waals surface area contributed by atoms with Gasteiger partial charge in [-0.2, -0.15) is 18.1 Å². The summed E-state index contributed by atoms with van der Waals surface area (Å²) in [6.45, 7) is 5.10. The van der Waals surface area contributed by atoms with Crippen LogP contribution in [0, 0.1) is 0 Å². The summed E-state index contributed by atoms with van der Waals surface area (Å²) in [5.41, 5.74) is -0.861. The van der Waals surface area contributed by atoms with Gasteiger partial charge in [0.2, 0.25) is 13.4 Å². The molecule has 6 nitrogen and oxygen atoms in total. The minimum atomic E-state index is -3.26. The Balaban J connectivity index is 3.68. The molecule has 1 rings (SSSR count). The van der Waals surface area contributed by atoms with Crippen molar-refractivity contribution in [2.45, 2.75) is 52.6 Å². The van der Waals surface area contributed by atoms with Crippen LogP contribution < -0.4 is 10.2 Å². The summed E-state index contributed by atoms with van der Waals surface area (Å²) in [5, 5.41) is 6.16. The van der Waals surface area contributed by atoms with E-state index in [1.54, 1.807) is 0 Å². The molecule has 2 atom stereocenters. The molecule has 0 unspecified atom stereocenters. The van der Waals surface area contributed by atoms with Gasteiger partial charge in [0.25, 0.3) is 11.8 Å². The molecule has 0 fully saturated rings. The fraction of sp³-hybridized carbons (Fsp3) is 1.00. The maximum absolute atomic E-state index is 6.55. The lowest BCUT2D eigenvalue weighted by molar-refractivity contribution is 0.529. The van der Waals surface area contributed by atoms with E-state index in [1.165, 1.54) is 0 Å².